The third-order valence-corrected chi connectivity index (χ3v) is 3.48. The largest absolute Gasteiger partial charge is 0.272 e. The van der Waals surface area contributed by atoms with Crippen molar-refractivity contribution in [1.29, 1.82) is 0 Å². The number of pyridine rings is 1. The monoisotopic (exact) mass is 277 g/mol. The average Bonchev–Trinajstić information content (AvgIpc) is 2.94. The first-order valence-electron chi connectivity index (χ1n) is 6.09. The molecule has 104 valence electrons. The molecule has 0 saturated heterocycles. The van der Waals surface area contributed by atoms with Crippen LogP contribution in [0, 0.1) is 6.92 Å². The van der Waals surface area contributed by atoms with Gasteiger partial charge < -0.3 is 0 Å². The van der Waals surface area contributed by atoms with Crippen LogP contribution in [0.25, 0.3) is 22.3 Å². The molecule has 0 unspecified atom stereocenters. The number of rotatable bonds is 2. The Hall–Kier alpha value is -2.31. The van der Waals surface area contributed by atoms with E-state index in [1.807, 2.05) is 6.92 Å². The fourth-order valence-corrected chi connectivity index (χ4v) is 2.21. The second kappa shape index (κ2) is 4.36. The van der Waals surface area contributed by atoms with E-state index < -0.39 is 6.43 Å². The number of aromatic nitrogens is 5. The summed E-state index contributed by atoms with van der Waals surface area (Å²) in [6.07, 6.45) is 0.485. The maximum Gasteiger partial charge on any atom is 0.264 e. The molecule has 0 saturated carbocycles. The fraction of sp³-hybridized carbons (Fsp3) is 0.308. The molecule has 0 atom stereocenters. The maximum absolute atomic E-state index is 13.2. The van der Waals surface area contributed by atoms with Gasteiger partial charge in [0.05, 0.1) is 18.1 Å². The lowest BCUT2D eigenvalue weighted by Gasteiger charge is -2.06. The molecule has 0 aliphatic carbocycles. The van der Waals surface area contributed by atoms with Gasteiger partial charge in [0, 0.05) is 36.3 Å². The third kappa shape index (κ3) is 1.77. The van der Waals surface area contributed by atoms with Gasteiger partial charge in [-0.15, -0.1) is 0 Å². The zero-order chi connectivity index (χ0) is 14.4. The highest BCUT2D eigenvalue weighted by Gasteiger charge is 2.19. The van der Waals surface area contributed by atoms with Gasteiger partial charge >= 0.3 is 0 Å². The smallest absolute Gasteiger partial charge is 0.264 e. The summed E-state index contributed by atoms with van der Waals surface area (Å²) in [5, 5.41) is 8.51. The van der Waals surface area contributed by atoms with Crippen LogP contribution in [0.3, 0.4) is 0 Å². The Bertz CT molecular complexity index is 788. The Kier molecular flexibility index (Phi) is 2.77. The van der Waals surface area contributed by atoms with Gasteiger partial charge in [0.2, 0.25) is 0 Å². The van der Waals surface area contributed by atoms with Crippen LogP contribution in [0.4, 0.5) is 8.78 Å². The van der Waals surface area contributed by atoms with Crippen LogP contribution in [0.5, 0.6) is 0 Å². The van der Waals surface area contributed by atoms with E-state index in [1.54, 1.807) is 25.0 Å². The van der Waals surface area contributed by atoms with E-state index in [0.717, 1.165) is 11.3 Å². The summed E-state index contributed by atoms with van der Waals surface area (Å²) in [4.78, 5) is 4.44. The van der Waals surface area contributed by atoms with Crippen molar-refractivity contribution in [2.45, 2.75) is 13.3 Å². The molecule has 5 nitrogen and oxygen atoms in total. The minimum Gasteiger partial charge on any atom is -0.272 e. The zero-order valence-corrected chi connectivity index (χ0v) is 11.3. The molecule has 0 spiro atoms. The number of fused-ring (bicyclic) bond motifs is 1. The quantitative estimate of drug-likeness (QED) is 0.723. The zero-order valence-electron chi connectivity index (χ0n) is 11.3. The first-order valence-corrected chi connectivity index (χ1v) is 6.09. The average molecular weight is 277 g/mol. The van der Waals surface area contributed by atoms with Gasteiger partial charge in [-0.25, -0.2) is 13.8 Å². The molecular weight excluding hydrogens is 264 g/mol. The third-order valence-electron chi connectivity index (χ3n) is 3.48. The Labute approximate surface area is 113 Å². The molecular formula is C13H13F2N5. The van der Waals surface area contributed by atoms with Gasteiger partial charge in [-0.05, 0) is 13.0 Å². The van der Waals surface area contributed by atoms with Crippen LogP contribution in [0.1, 0.15) is 17.7 Å². The highest BCUT2D eigenvalue weighted by molar-refractivity contribution is 5.82. The number of halogens is 2. The lowest BCUT2D eigenvalue weighted by Crippen LogP contribution is -1.97. The van der Waals surface area contributed by atoms with Crippen molar-refractivity contribution in [3.63, 3.8) is 0 Å². The summed E-state index contributed by atoms with van der Waals surface area (Å²) in [7, 11) is 3.49. The molecule has 20 heavy (non-hydrogen) atoms. The van der Waals surface area contributed by atoms with Crippen LogP contribution >= 0.6 is 0 Å². The van der Waals surface area contributed by atoms with E-state index in [9.17, 15) is 8.78 Å². The summed E-state index contributed by atoms with van der Waals surface area (Å²) in [5.74, 6) is 0. The standard InChI is InChI=1S/C13H13F2N5/c1-7-9(5-16-19(7)2)11-4-8(12(14)15)10-6-17-20(3)13(10)18-11/h4-6,12H,1-3H3. The summed E-state index contributed by atoms with van der Waals surface area (Å²) >= 11 is 0. The molecule has 3 heterocycles. The number of alkyl halides is 2. The lowest BCUT2D eigenvalue weighted by molar-refractivity contribution is 0.153. The number of hydrogen-bond acceptors (Lipinski definition) is 3. The molecule has 0 aliphatic heterocycles. The summed E-state index contributed by atoms with van der Waals surface area (Å²) in [5.41, 5.74) is 2.50. The minimum absolute atomic E-state index is 0.0543. The molecule has 0 fully saturated rings. The summed E-state index contributed by atoms with van der Waals surface area (Å²) in [6, 6.07) is 1.42. The number of hydrogen-bond donors (Lipinski definition) is 0. The predicted octanol–water partition coefficient (Wildman–Crippen LogP) is 2.61. The fourth-order valence-electron chi connectivity index (χ4n) is 2.21. The second-order valence-corrected chi connectivity index (χ2v) is 4.67. The predicted molar refractivity (Wildman–Crippen MR) is 70.4 cm³/mol. The number of aryl methyl sites for hydroxylation is 2. The van der Waals surface area contributed by atoms with E-state index >= 15 is 0 Å². The molecule has 3 aromatic rings. The van der Waals surface area contributed by atoms with Crippen molar-refractivity contribution in [3.05, 3.63) is 29.7 Å². The van der Waals surface area contributed by atoms with Gasteiger partial charge in [0.15, 0.2) is 5.65 Å². The van der Waals surface area contributed by atoms with Crippen molar-refractivity contribution in [1.82, 2.24) is 24.5 Å². The molecule has 0 amide bonds. The van der Waals surface area contributed by atoms with Gasteiger partial charge in [-0.1, -0.05) is 0 Å². The van der Waals surface area contributed by atoms with Crippen molar-refractivity contribution >= 4 is 11.0 Å². The first-order chi connectivity index (χ1) is 9.49. The van der Waals surface area contributed by atoms with Crippen LogP contribution < -0.4 is 0 Å². The number of nitrogens with zero attached hydrogens (tertiary/aromatic N) is 5. The van der Waals surface area contributed by atoms with E-state index in [2.05, 4.69) is 15.2 Å². The van der Waals surface area contributed by atoms with Crippen LogP contribution in [0.15, 0.2) is 18.5 Å². The van der Waals surface area contributed by atoms with Crippen LogP contribution in [-0.2, 0) is 14.1 Å². The Morgan fingerprint density at radius 3 is 2.40 bits per heavy atom. The molecule has 0 N–H and O–H groups in total. The van der Waals surface area contributed by atoms with Gasteiger partial charge in [0.25, 0.3) is 6.43 Å². The lowest BCUT2D eigenvalue weighted by atomic mass is 10.1. The SMILES string of the molecule is Cc1c(-c2cc(C(F)F)c3cnn(C)c3n2)cnn1C. The van der Waals surface area contributed by atoms with Gasteiger partial charge in [0.1, 0.15) is 0 Å². The van der Waals surface area contributed by atoms with E-state index in [4.69, 9.17) is 0 Å². The van der Waals surface area contributed by atoms with E-state index in [1.165, 1.54) is 16.9 Å². The van der Waals surface area contributed by atoms with Crippen LogP contribution in [-0.4, -0.2) is 24.5 Å². The molecule has 7 heteroatoms. The molecule has 3 aromatic heterocycles. The highest BCUT2D eigenvalue weighted by Crippen LogP contribution is 2.31. The maximum atomic E-state index is 13.2. The normalized spacial score (nSPS) is 11.7. The van der Waals surface area contributed by atoms with Crippen molar-refractivity contribution in [3.8, 4) is 11.3 Å². The van der Waals surface area contributed by atoms with Crippen LogP contribution in [0.2, 0.25) is 0 Å². The Morgan fingerprint density at radius 2 is 1.80 bits per heavy atom. The molecule has 3 rings (SSSR count). The summed E-state index contributed by atoms with van der Waals surface area (Å²) in [6.45, 7) is 1.87. The van der Waals surface area contributed by atoms with Crippen molar-refractivity contribution < 1.29 is 8.78 Å². The topological polar surface area (TPSA) is 48.5 Å². The van der Waals surface area contributed by atoms with E-state index in [-0.39, 0.29) is 5.56 Å². The highest BCUT2D eigenvalue weighted by atomic mass is 19.3. The molecule has 0 radical (unpaired) electrons. The van der Waals surface area contributed by atoms with E-state index in [0.29, 0.717) is 16.7 Å². The Balaban J connectivity index is 2.32. The second-order valence-electron chi connectivity index (χ2n) is 4.67. The van der Waals surface area contributed by atoms with Gasteiger partial charge in [-0.2, -0.15) is 10.2 Å². The summed E-state index contributed by atoms with van der Waals surface area (Å²) < 4.78 is 29.6. The Morgan fingerprint density at radius 1 is 1.10 bits per heavy atom. The molecule has 0 aliphatic rings. The molecule has 0 aromatic carbocycles. The van der Waals surface area contributed by atoms with Crippen molar-refractivity contribution in [2.24, 2.45) is 14.1 Å². The van der Waals surface area contributed by atoms with Crippen molar-refractivity contribution in [2.75, 3.05) is 0 Å². The van der Waals surface area contributed by atoms with Gasteiger partial charge in [-0.3, -0.25) is 9.36 Å². The first kappa shape index (κ1) is 12.7. The molecule has 0 bridgehead atoms. The minimum atomic E-state index is -2.57.